The van der Waals surface area contributed by atoms with E-state index in [2.05, 4.69) is 114 Å². The third-order valence-corrected chi connectivity index (χ3v) is 9.91. The number of hydrogen-bond donors (Lipinski definition) is 1. The van der Waals surface area contributed by atoms with Crippen molar-refractivity contribution in [1.82, 2.24) is 4.72 Å². The van der Waals surface area contributed by atoms with Gasteiger partial charge >= 0.3 is 0 Å². The van der Waals surface area contributed by atoms with Crippen LogP contribution in [0.25, 0.3) is 11.1 Å². The molecule has 1 unspecified atom stereocenters. The lowest BCUT2D eigenvalue weighted by Crippen LogP contribution is -2.37. The van der Waals surface area contributed by atoms with E-state index in [1.165, 1.54) is 27.3 Å². The van der Waals surface area contributed by atoms with E-state index < -0.39 is 18.9 Å². The Kier molecular flexibility index (Phi) is 8.11. The largest absolute Gasteiger partial charge is 0.242 e. The molecule has 1 N–H and O–H groups in total. The molecule has 174 valence electrons. The van der Waals surface area contributed by atoms with Gasteiger partial charge in [0.25, 0.3) is 0 Å². The van der Waals surface area contributed by atoms with Crippen LogP contribution in [0.3, 0.4) is 0 Å². The number of benzene rings is 4. The standard InChI is InChI=1S/C30H32NOPS/c1-30(2,3)34(32)31-29(28-22-14-13-21-27(28)24-15-7-4-8-16-24)23-33(25-17-9-5-10-18-25)26-19-11-6-12-20-26/h4-22,29,31H,23H2,1-3H3/t29-,34?/m1/s1. The quantitative estimate of drug-likeness (QED) is 0.281. The van der Waals surface area contributed by atoms with Crippen molar-refractivity contribution in [2.75, 3.05) is 6.16 Å². The van der Waals surface area contributed by atoms with Gasteiger partial charge in [-0.05, 0) is 62.2 Å². The van der Waals surface area contributed by atoms with E-state index >= 15 is 0 Å². The first-order valence-electron chi connectivity index (χ1n) is 11.6. The maximum Gasteiger partial charge on any atom is 0.0976 e. The highest BCUT2D eigenvalue weighted by atomic mass is 32.2. The zero-order chi connectivity index (χ0) is 24.0. The molecule has 4 heteroatoms. The highest BCUT2D eigenvalue weighted by Gasteiger charge is 2.28. The summed E-state index contributed by atoms with van der Waals surface area (Å²) in [5.41, 5.74) is 3.54. The summed E-state index contributed by atoms with van der Waals surface area (Å²) in [6.07, 6.45) is 0.856. The third-order valence-electron chi connectivity index (χ3n) is 5.73. The Morgan fingerprint density at radius 3 is 1.71 bits per heavy atom. The fraction of sp³-hybridized carbons (Fsp3) is 0.200. The van der Waals surface area contributed by atoms with Gasteiger partial charge in [0.1, 0.15) is 0 Å². The van der Waals surface area contributed by atoms with Gasteiger partial charge in [-0.25, -0.2) is 8.93 Å². The summed E-state index contributed by atoms with van der Waals surface area (Å²) in [5, 5.41) is 2.66. The van der Waals surface area contributed by atoms with Crippen molar-refractivity contribution in [1.29, 1.82) is 0 Å². The Balaban J connectivity index is 1.80. The molecule has 0 saturated carbocycles. The molecule has 34 heavy (non-hydrogen) atoms. The van der Waals surface area contributed by atoms with Crippen LogP contribution in [0.1, 0.15) is 32.4 Å². The lowest BCUT2D eigenvalue weighted by Gasteiger charge is -2.30. The van der Waals surface area contributed by atoms with E-state index in [4.69, 9.17) is 0 Å². The first-order valence-corrected chi connectivity index (χ1v) is 14.3. The molecule has 0 aliphatic carbocycles. The summed E-state index contributed by atoms with van der Waals surface area (Å²) in [4.78, 5) is 0. The lowest BCUT2D eigenvalue weighted by atomic mass is 9.96. The minimum absolute atomic E-state index is 0.0667. The average Bonchev–Trinajstić information content (AvgIpc) is 2.87. The molecule has 0 aromatic heterocycles. The smallest absolute Gasteiger partial charge is 0.0976 e. The molecule has 0 bridgehead atoms. The number of hydrogen-bond acceptors (Lipinski definition) is 1. The van der Waals surface area contributed by atoms with Gasteiger partial charge in [-0.2, -0.15) is 0 Å². The van der Waals surface area contributed by atoms with Crippen LogP contribution < -0.4 is 15.3 Å². The van der Waals surface area contributed by atoms with Crippen molar-refractivity contribution in [3.05, 3.63) is 121 Å². The van der Waals surface area contributed by atoms with Crippen LogP contribution in [-0.2, 0) is 11.0 Å². The Bertz CT molecular complexity index is 1170. The van der Waals surface area contributed by atoms with Gasteiger partial charge in [0.2, 0.25) is 0 Å². The van der Waals surface area contributed by atoms with Crippen LogP contribution in [0.4, 0.5) is 0 Å². The first-order chi connectivity index (χ1) is 16.4. The topological polar surface area (TPSA) is 29.1 Å². The van der Waals surface area contributed by atoms with Gasteiger partial charge in [-0.3, -0.25) is 0 Å². The van der Waals surface area contributed by atoms with Crippen molar-refractivity contribution in [3.8, 4) is 11.1 Å². The Morgan fingerprint density at radius 2 is 1.18 bits per heavy atom. The van der Waals surface area contributed by atoms with E-state index in [1.807, 2.05) is 26.8 Å². The molecular weight excluding hydrogens is 453 g/mol. The van der Waals surface area contributed by atoms with E-state index in [1.54, 1.807) is 0 Å². The molecule has 0 heterocycles. The number of rotatable bonds is 8. The van der Waals surface area contributed by atoms with Crippen LogP contribution >= 0.6 is 7.92 Å². The zero-order valence-electron chi connectivity index (χ0n) is 20.0. The highest BCUT2D eigenvalue weighted by Crippen LogP contribution is 2.40. The van der Waals surface area contributed by atoms with Crippen molar-refractivity contribution in [2.45, 2.75) is 31.6 Å². The van der Waals surface area contributed by atoms with E-state index in [0.717, 1.165) is 6.16 Å². The lowest BCUT2D eigenvalue weighted by molar-refractivity contribution is 0.618. The second-order valence-electron chi connectivity index (χ2n) is 9.29. The maximum atomic E-state index is 13.4. The van der Waals surface area contributed by atoms with Crippen LogP contribution in [-0.4, -0.2) is 15.1 Å². The Morgan fingerprint density at radius 1 is 0.706 bits per heavy atom. The molecular formula is C30H32NOPS. The van der Waals surface area contributed by atoms with Gasteiger partial charge in [-0.15, -0.1) is 0 Å². The average molecular weight is 486 g/mol. The molecule has 0 spiro atoms. The fourth-order valence-corrected chi connectivity index (χ4v) is 7.33. The Hall–Kier alpha value is -2.58. The summed E-state index contributed by atoms with van der Waals surface area (Å²) in [6, 6.07) is 40.4. The fourth-order valence-electron chi connectivity index (χ4n) is 3.94. The monoisotopic (exact) mass is 485 g/mol. The molecule has 0 radical (unpaired) electrons. The second-order valence-corrected chi connectivity index (χ2v) is 13.5. The van der Waals surface area contributed by atoms with Gasteiger partial charge in [0.15, 0.2) is 0 Å². The highest BCUT2D eigenvalue weighted by molar-refractivity contribution is 7.84. The molecule has 2 nitrogen and oxygen atoms in total. The van der Waals surface area contributed by atoms with Gasteiger partial charge < -0.3 is 0 Å². The molecule has 0 aliphatic rings. The molecule has 0 aliphatic heterocycles. The third kappa shape index (κ3) is 6.10. The van der Waals surface area contributed by atoms with Gasteiger partial charge in [-0.1, -0.05) is 115 Å². The molecule has 0 saturated heterocycles. The van der Waals surface area contributed by atoms with Gasteiger partial charge in [0.05, 0.1) is 15.7 Å². The normalized spacial score (nSPS) is 13.5. The SMILES string of the molecule is CC(C)(C)S(=O)N[C@H](CP(c1ccccc1)c1ccccc1)c1ccccc1-c1ccccc1. The summed E-state index contributed by atoms with van der Waals surface area (Å²) in [7, 11) is -1.86. The molecule has 4 aromatic rings. The predicted molar refractivity (Wildman–Crippen MR) is 150 cm³/mol. The van der Waals surface area contributed by atoms with E-state index in [-0.39, 0.29) is 10.8 Å². The summed E-state index contributed by atoms with van der Waals surface area (Å²) in [6.45, 7) is 6.06. The van der Waals surface area contributed by atoms with Crippen molar-refractivity contribution in [2.24, 2.45) is 0 Å². The molecule has 0 amide bonds. The van der Waals surface area contributed by atoms with Crippen molar-refractivity contribution < 1.29 is 4.21 Å². The Labute approximate surface area is 207 Å². The minimum atomic E-state index is -1.20. The van der Waals surface area contributed by atoms with Crippen LogP contribution in [0, 0.1) is 0 Å². The van der Waals surface area contributed by atoms with Crippen LogP contribution in [0.5, 0.6) is 0 Å². The van der Waals surface area contributed by atoms with E-state index in [0.29, 0.717) is 0 Å². The van der Waals surface area contributed by atoms with Crippen LogP contribution in [0.15, 0.2) is 115 Å². The van der Waals surface area contributed by atoms with Crippen molar-refractivity contribution >= 4 is 29.5 Å². The zero-order valence-corrected chi connectivity index (χ0v) is 21.7. The van der Waals surface area contributed by atoms with Crippen LogP contribution in [0.2, 0.25) is 0 Å². The molecule has 0 fully saturated rings. The molecule has 4 aromatic carbocycles. The number of nitrogens with one attached hydrogen (secondary N) is 1. The summed E-state index contributed by atoms with van der Waals surface area (Å²) in [5.74, 6) is 0. The summed E-state index contributed by atoms with van der Waals surface area (Å²) >= 11 is 0. The first kappa shape index (κ1) is 24.5. The molecule has 2 atom stereocenters. The molecule has 4 rings (SSSR count). The van der Waals surface area contributed by atoms with Crippen molar-refractivity contribution in [3.63, 3.8) is 0 Å². The minimum Gasteiger partial charge on any atom is -0.242 e. The second kappa shape index (κ2) is 11.2. The van der Waals surface area contributed by atoms with E-state index in [9.17, 15) is 4.21 Å². The maximum absolute atomic E-state index is 13.4. The predicted octanol–water partition coefficient (Wildman–Crippen LogP) is 6.58. The van der Waals surface area contributed by atoms with Gasteiger partial charge in [0, 0.05) is 6.04 Å². The summed E-state index contributed by atoms with van der Waals surface area (Å²) < 4.78 is 16.5.